The fourth-order valence-electron chi connectivity index (χ4n) is 1.81. The summed E-state index contributed by atoms with van der Waals surface area (Å²) in [4.78, 5) is 0. The molecular formula is C13H18N2S2. The molecule has 0 spiro atoms. The summed E-state index contributed by atoms with van der Waals surface area (Å²) in [5.74, 6) is 6.70. The van der Waals surface area contributed by atoms with Crippen LogP contribution in [-0.4, -0.2) is 11.0 Å². The highest BCUT2D eigenvalue weighted by molar-refractivity contribution is 7.99. The van der Waals surface area contributed by atoms with Gasteiger partial charge in [0.05, 0.1) is 6.04 Å². The molecule has 1 atom stereocenters. The predicted octanol–water partition coefficient (Wildman–Crippen LogP) is 3.55. The van der Waals surface area contributed by atoms with E-state index in [-0.39, 0.29) is 6.04 Å². The summed E-state index contributed by atoms with van der Waals surface area (Å²) in [6.07, 6.45) is 0. The summed E-state index contributed by atoms with van der Waals surface area (Å²) in [7, 11) is 0. The molecule has 0 aliphatic rings. The number of rotatable bonds is 5. The molecule has 0 fully saturated rings. The van der Waals surface area contributed by atoms with Crippen LogP contribution in [0.15, 0.2) is 29.6 Å². The minimum atomic E-state index is 0.227. The number of fused-ring (bicyclic) bond motifs is 1. The van der Waals surface area contributed by atoms with Gasteiger partial charge in [-0.25, -0.2) is 0 Å². The molecule has 0 saturated carbocycles. The maximum Gasteiger partial charge on any atom is 0.0564 e. The van der Waals surface area contributed by atoms with E-state index in [1.54, 1.807) is 11.3 Å². The predicted molar refractivity (Wildman–Crippen MR) is 79.5 cm³/mol. The summed E-state index contributed by atoms with van der Waals surface area (Å²) in [5, 5.41) is 4.08. The SMILES string of the molecule is CC(C)SCC(NN)c1cccc2ccsc12. The fourth-order valence-corrected chi connectivity index (χ4v) is 3.63. The highest BCUT2D eigenvalue weighted by atomic mass is 32.2. The van der Waals surface area contributed by atoms with Gasteiger partial charge in [0.1, 0.15) is 0 Å². The lowest BCUT2D eigenvalue weighted by molar-refractivity contribution is 0.614. The zero-order valence-corrected chi connectivity index (χ0v) is 11.8. The lowest BCUT2D eigenvalue weighted by Gasteiger charge is -2.18. The summed E-state index contributed by atoms with van der Waals surface area (Å²) >= 11 is 3.72. The van der Waals surface area contributed by atoms with E-state index in [1.807, 2.05) is 11.8 Å². The lowest BCUT2D eigenvalue weighted by Crippen LogP contribution is -2.30. The maximum absolute atomic E-state index is 5.69. The standard InChI is InChI=1S/C13H18N2S2/c1-9(2)17-8-12(15-14)11-5-3-4-10-6-7-16-13(10)11/h3-7,9,12,15H,8,14H2,1-2H3. The summed E-state index contributed by atoms with van der Waals surface area (Å²) in [6.45, 7) is 4.42. The lowest BCUT2D eigenvalue weighted by atomic mass is 10.1. The van der Waals surface area contributed by atoms with Crippen LogP contribution >= 0.6 is 23.1 Å². The molecule has 2 nitrogen and oxygen atoms in total. The highest BCUT2D eigenvalue weighted by Crippen LogP contribution is 2.30. The average molecular weight is 266 g/mol. The van der Waals surface area contributed by atoms with Gasteiger partial charge in [0.25, 0.3) is 0 Å². The second kappa shape index (κ2) is 5.87. The zero-order chi connectivity index (χ0) is 12.3. The summed E-state index contributed by atoms with van der Waals surface area (Å²) in [5.41, 5.74) is 4.25. The Morgan fingerprint density at radius 1 is 1.35 bits per heavy atom. The van der Waals surface area contributed by atoms with Crippen molar-refractivity contribution in [2.24, 2.45) is 5.84 Å². The molecule has 17 heavy (non-hydrogen) atoms. The Morgan fingerprint density at radius 3 is 2.88 bits per heavy atom. The number of nitrogens with one attached hydrogen (secondary N) is 1. The van der Waals surface area contributed by atoms with Gasteiger partial charge in [0.15, 0.2) is 0 Å². The van der Waals surface area contributed by atoms with Gasteiger partial charge in [-0.05, 0) is 27.6 Å². The van der Waals surface area contributed by atoms with Crippen molar-refractivity contribution < 1.29 is 0 Å². The first-order valence-corrected chi connectivity index (χ1v) is 7.69. The van der Waals surface area contributed by atoms with Crippen LogP contribution in [0.25, 0.3) is 10.1 Å². The van der Waals surface area contributed by atoms with Crippen molar-refractivity contribution in [2.45, 2.75) is 25.1 Å². The van der Waals surface area contributed by atoms with Crippen LogP contribution in [0.5, 0.6) is 0 Å². The van der Waals surface area contributed by atoms with Crippen LogP contribution in [0.2, 0.25) is 0 Å². The number of thioether (sulfide) groups is 1. The third-order valence-electron chi connectivity index (χ3n) is 2.68. The number of hydrogen-bond acceptors (Lipinski definition) is 4. The molecule has 2 aromatic rings. The molecule has 92 valence electrons. The summed E-state index contributed by atoms with van der Waals surface area (Å²) < 4.78 is 1.35. The molecule has 4 heteroatoms. The van der Waals surface area contributed by atoms with E-state index in [1.165, 1.54) is 15.6 Å². The zero-order valence-electron chi connectivity index (χ0n) is 10.1. The first kappa shape index (κ1) is 12.9. The van der Waals surface area contributed by atoms with Crippen molar-refractivity contribution in [1.29, 1.82) is 0 Å². The largest absolute Gasteiger partial charge is 0.271 e. The number of benzene rings is 1. The van der Waals surface area contributed by atoms with Gasteiger partial charge in [0, 0.05) is 10.5 Å². The maximum atomic E-state index is 5.69. The number of thiophene rings is 1. The monoisotopic (exact) mass is 266 g/mol. The average Bonchev–Trinajstić information content (AvgIpc) is 2.78. The summed E-state index contributed by atoms with van der Waals surface area (Å²) in [6, 6.07) is 8.81. The quantitative estimate of drug-likeness (QED) is 0.642. The first-order valence-electron chi connectivity index (χ1n) is 5.76. The van der Waals surface area contributed by atoms with Gasteiger partial charge in [0.2, 0.25) is 0 Å². The van der Waals surface area contributed by atoms with Crippen molar-refractivity contribution in [3.8, 4) is 0 Å². The van der Waals surface area contributed by atoms with Crippen molar-refractivity contribution in [3.05, 3.63) is 35.2 Å². The molecule has 3 N–H and O–H groups in total. The van der Waals surface area contributed by atoms with Gasteiger partial charge < -0.3 is 0 Å². The van der Waals surface area contributed by atoms with Crippen LogP contribution < -0.4 is 11.3 Å². The van der Waals surface area contributed by atoms with Crippen molar-refractivity contribution in [2.75, 3.05) is 5.75 Å². The molecule has 0 bridgehead atoms. The van der Waals surface area contributed by atoms with E-state index < -0.39 is 0 Å². The second-order valence-electron chi connectivity index (χ2n) is 4.29. The molecular weight excluding hydrogens is 248 g/mol. The highest BCUT2D eigenvalue weighted by Gasteiger charge is 2.14. The van der Waals surface area contributed by atoms with E-state index in [2.05, 4.69) is 48.9 Å². The van der Waals surface area contributed by atoms with Crippen LogP contribution in [0, 0.1) is 0 Å². The van der Waals surface area contributed by atoms with Gasteiger partial charge in [-0.1, -0.05) is 32.0 Å². The molecule has 1 unspecified atom stereocenters. The molecule has 0 amide bonds. The van der Waals surface area contributed by atoms with E-state index >= 15 is 0 Å². The van der Waals surface area contributed by atoms with Gasteiger partial charge in [-0.15, -0.1) is 11.3 Å². The van der Waals surface area contributed by atoms with Crippen molar-refractivity contribution in [3.63, 3.8) is 0 Å². The van der Waals surface area contributed by atoms with Crippen LogP contribution in [0.4, 0.5) is 0 Å². The topological polar surface area (TPSA) is 38.0 Å². The van der Waals surface area contributed by atoms with Crippen LogP contribution in [-0.2, 0) is 0 Å². The van der Waals surface area contributed by atoms with Gasteiger partial charge >= 0.3 is 0 Å². The van der Waals surface area contributed by atoms with Crippen molar-refractivity contribution in [1.82, 2.24) is 5.43 Å². The van der Waals surface area contributed by atoms with E-state index in [0.29, 0.717) is 5.25 Å². The number of hydrazine groups is 1. The fraction of sp³-hybridized carbons (Fsp3) is 0.385. The molecule has 0 radical (unpaired) electrons. The Hall–Kier alpha value is -0.550. The minimum absolute atomic E-state index is 0.227. The number of hydrogen-bond donors (Lipinski definition) is 2. The molecule has 1 aromatic carbocycles. The van der Waals surface area contributed by atoms with E-state index in [4.69, 9.17) is 5.84 Å². The van der Waals surface area contributed by atoms with E-state index in [9.17, 15) is 0 Å². The molecule has 0 saturated heterocycles. The smallest absolute Gasteiger partial charge is 0.0564 e. The molecule has 0 aliphatic carbocycles. The molecule has 1 aromatic heterocycles. The normalized spacial score (nSPS) is 13.4. The van der Waals surface area contributed by atoms with Gasteiger partial charge in [-0.3, -0.25) is 11.3 Å². The molecule has 1 heterocycles. The Kier molecular flexibility index (Phi) is 4.45. The molecule has 2 rings (SSSR count). The third kappa shape index (κ3) is 3.01. The Labute approximate surface area is 111 Å². The second-order valence-corrected chi connectivity index (χ2v) is 6.81. The minimum Gasteiger partial charge on any atom is -0.271 e. The van der Waals surface area contributed by atoms with Crippen LogP contribution in [0.3, 0.4) is 0 Å². The van der Waals surface area contributed by atoms with Crippen LogP contribution in [0.1, 0.15) is 25.5 Å². The Morgan fingerprint density at radius 2 is 2.18 bits per heavy atom. The molecule has 0 aliphatic heterocycles. The Bertz CT molecular complexity index is 479. The first-order chi connectivity index (χ1) is 8.22. The Balaban J connectivity index is 2.26. The van der Waals surface area contributed by atoms with Crippen molar-refractivity contribution >= 4 is 33.2 Å². The third-order valence-corrected chi connectivity index (χ3v) is 4.85. The number of nitrogens with two attached hydrogens (primary N) is 1. The van der Waals surface area contributed by atoms with Gasteiger partial charge in [-0.2, -0.15) is 11.8 Å². The van der Waals surface area contributed by atoms with E-state index in [0.717, 1.165) is 5.75 Å².